The van der Waals surface area contributed by atoms with Crippen LogP contribution >= 0.6 is 11.3 Å². The standard InChI is InChI=1S/C19H19N3OS/c1-14-17(21-18(24-14)16-6-4-3-5-7-16)19(23)22(2)13-10-15-8-11-20-12-9-15/h3-9,11-12H,10,13H2,1-2H3. The van der Waals surface area contributed by atoms with Crippen molar-refractivity contribution in [3.8, 4) is 10.6 Å². The number of nitrogens with zero attached hydrogens (tertiary/aromatic N) is 3. The van der Waals surface area contributed by atoms with Gasteiger partial charge >= 0.3 is 0 Å². The zero-order valence-corrected chi connectivity index (χ0v) is 14.6. The van der Waals surface area contributed by atoms with Crippen molar-refractivity contribution in [2.75, 3.05) is 13.6 Å². The Hall–Kier alpha value is -2.53. The van der Waals surface area contributed by atoms with Crippen LogP contribution in [-0.4, -0.2) is 34.4 Å². The van der Waals surface area contributed by atoms with E-state index in [1.807, 2.05) is 56.4 Å². The predicted molar refractivity (Wildman–Crippen MR) is 97.2 cm³/mol. The number of likely N-dealkylation sites (N-methyl/N-ethyl adjacent to an activating group) is 1. The number of carbonyl (C=O) groups is 1. The van der Waals surface area contributed by atoms with Crippen LogP contribution in [-0.2, 0) is 6.42 Å². The second kappa shape index (κ2) is 7.36. The summed E-state index contributed by atoms with van der Waals surface area (Å²) in [4.78, 5) is 24.0. The molecule has 122 valence electrons. The molecule has 0 aliphatic heterocycles. The number of aryl methyl sites for hydroxylation is 1. The third kappa shape index (κ3) is 3.68. The first-order chi connectivity index (χ1) is 11.6. The molecule has 0 atom stereocenters. The van der Waals surface area contributed by atoms with Gasteiger partial charge in [-0.3, -0.25) is 9.78 Å². The van der Waals surface area contributed by atoms with E-state index in [1.165, 1.54) is 5.56 Å². The quantitative estimate of drug-likeness (QED) is 0.711. The largest absolute Gasteiger partial charge is 0.340 e. The first-order valence-electron chi connectivity index (χ1n) is 7.82. The lowest BCUT2D eigenvalue weighted by atomic mass is 10.2. The number of hydrogen-bond acceptors (Lipinski definition) is 4. The molecule has 2 aromatic heterocycles. The Balaban J connectivity index is 1.71. The molecule has 0 saturated heterocycles. The molecular weight excluding hydrogens is 318 g/mol. The number of thiazole rings is 1. The third-order valence-electron chi connectivity index (χ3n) is 3.85. The van der Waals surface area contributed by atoms with Crippen molar-refractivity contribution in [3.63, 3.8) is 0 Å². The highest BCUT2D eigenvalue weighted by Gasteiger charge is 2.19. The van der Waals surface area contributed by atoms with Gasteiger partial charge in [0.25, 0.3) is 5.91 Å². The van der Waals surface area contributed by atoms with Crippen molar-refractivity contribution in [3.05, 3.63) is 71.0 Å². The number of aromatic nitrogens is 2. The Labute approximate surface area is 145 Å². The van der Waals surface area contributed by atoms with Crippen molar-refractivity contribution < 1.29 is 4.79 Å². The second-order valence-electron chi connectivity index (χ2n) is 5.62. The maximum absolute atomic E-state index is 12.7. The summed E-state index contributed by atoms with van der Waals surface area (Å²) in [5.74, 6) is -0.0278. The van der Waals surface area contributed by atoms with Gasteiger partial charge in [-0.15, -0.1) is 11.3 Å². The van der Waals surface area contributed by atoms with Crippen LogP contribution in [0.5, 0.6) is 0 Å². The van der Waals surface area contributed by atoms with Crippen LogP contribution in [0.25, 0.3) is 10.6 Å². The molecule has 24 heavy (non-hydrogen) atoms. The summed E-state index contributed by atoms with van der Waals surface area (Å²) in [5, 5.41) is 0.888. The van der Waals surface area contributed by atoms with Crippen molar-refractivity contribution >= 4 is 17.2 Å². The first-order valence-corrected chi connectivity index (χ1v) is 8.64. The molecular formula is C19H19N3OS. The number of amides is 1. The molecule has 2 heterocycles. The van der Waals surface area contributed by atoms with E-state index in [9.17, 15) is 4.79 Å². The fourth-order valence-corrected chi connectivity index (χ4v) is 3.34. The molecule has 0 saturated carbocycles. The SMILES string of the molecule is Cc1sc(-c2ccccc2)nc1C(=O)N(C)CCc1ccncc1. The molecule has 0 spiro atoms. The van der Waals surface area contributed by atoms with E-state index >= 15 is 0 Å². The molecule has 3 rings (SSSR count). The molecule has 0 unspecified atom stereocenters. The zero-order chi connectivity index (χ0) is 16.9. The Kier molecular flexibility index (Phi) is 5.01. The molecule has 0 radical (unpaired) electrons. The normalized spacial score (nSPS) is 10.6. The van der Waals surface area contributed by atoms with Gasteiger partial charge in [0.15, 0.2) is 0 Å². The van der Waals surface area contributed by atoms with E-state index in [-0.39, 0.29) is 5.91 Å². The lowest BCUT2D eigenvalue weighted by Gasteiger charge is -2.16. The number of pyridine rings is 1. The zero-order valence-electron chi connectivity index (χ0n) is 13.8. The summed E-state index contributed by atoms with van der Waals surface area (Å²) < 4.78 is 0. The first kappa shape index (κ1) is 16.3. The van der Waals surface area contributed by atoms with Gasteiger partial charge < -0.3 is 4.90 Å². The fraction of sp³-hybridized carbons (Fsp3) is 0.211. The Morgan fingerprint density at radius 3 is 2.54 bits per heavy atom. The average molecular weight is 337 g/mol. The lowest BCUT2D eigenvalue weighted by molar-refractivity contribution is 0.0791. The van der Waals surface area contributed by atoms with Gasteiger partial charge in [0, 0.05) is 36.4 Å². The van der Waals surface area contributed by atoms with Gasteiger partial charge in [-0.25, -0.2) is 4.98 Å². The minimum Gasteiger partial charge on any atom is -0.340 e. The number of carbonyl (C=O) groups excluding carboxylic acids is 1. The van der Waals surface area contributed by atoms with Crippen LogP contribution < -0.4 is 0 Å². The van der Waals surface area contributed by atoms with Gasteiger partial charge in [0.1, 0.15) is 10.7 Å². The van der Waals surface area contributed by atoms with Crippen LogP contribution in [0.1, 0.15) is 20.9 Å². The monoisotopic (exact) mass is 337 g/mol. The predicted octanol–water partition coefficient (Wildman–Crippen LogP) is 3.83. The topological polar surface area (TPSA) is 46.1 Å². The van der Waals surface area contributed by atoms with E-state index in [0.717, 1.165) is 21.9 Å². The van der Waals surface area contributed by atoms with E-state index in [1.54, 1.807) is 28.6 Å². The number of hydrogen-bond donors (Lipinski definition) is 0. The average Bonchev–Trinajstić information content (AvgIpc) is 3.02. The second-order valence-corrected chi connectivity index (χ2v) is 6.83. The number of rotatable bonds is 5. The molecule has 0 aliphatic carbocycles. The molecule has 5 heteroatoms. The van der Waals surface area contributed by atoms with Crippen LogP contribution in [0.4, 0.5) is 0 Å². The molecule has 0 N–H and O–H groups in total. The third-order valence-corrected chi connectivity index (χ3v) is 4.87. The lowest BCUT2D eigenvalue weighted by Crippen LogP contribution is -2.29. The summed E-state index contributed by atoms with van der Waals surface area (Å²) in [7, 11) is 1.82. The minimum atomic E-state index is -0.0278. The van der Waals surface area contributed by atoms with Crippen LogP contribution in [0.15, 0.2) is 54.9 Å². The van der Waals surface area contributed by atoms with Gasteiger partial charge in [0.05, 0.1) is 0 Å². The highest BCUT2D eigenvalue weighted by molar-refractivity contribution is 7.15. The van der Waals surface area contributed by atoms with Crippen molar-refractivity contribution in [2.24, 2.45) is 0 Å². The Morgan fingerprint density at radius 1 is 1.12 bits per heavy atom. The fourth-order valence-electron chi connectivity index (χ4n) is 2.43. The van der Waals surface area contributed by atoms with Crippen molar-refractivity contribution in [1.29, 1.82) is 0 Å². The van der Waals surface area contributed by atoms with Crippen LogP contribution in [0, 0.1) is 6.92 Å². The molecule has 0 fully saturated rings. The van der Waals surface area contributed by atoms with Gasteiger partial charge in [-0.05, 0) is 31.0 Å². The Bertz CT molecular complexity index is 815. The molecule has 3 aromatic rings. The number of benzene rings is 1. The highest BCUT2D eigenvalue weighted by atomic mass is 32.1. The van der Waals surface area contributed by atoms with Crippen LogP contribution in [0.2, 0.25) is 0 Å². The van der Waals surface area contributed by atoms with E-state index in [0.29, 0.717) is 12.2 Å². The molecule has 4 nitrogen and oxygen atoms in total. The maximum Gasteiger partial charge on any atom is 0.273 e. The van der Waals surface area contributed by atoms with Crippen molar-refractivity contribution in [1.82, 2.24) is 14.9 Å². The Morgan fingerprint density at radius 2 is 1.83 bits per heavy atom. The van der Waals surface area contributed by atoms with Gasteiger partial charge in [-0.1, -0.05) is 30.3 Å². The van der Waals surface area contributed by atoms with E-state index < -0.39 is 0 Å². The van der Waals surface area contributed by atoms with Crippen molar-refractivity contribution in [2.45, 2.75) is 13.3 Å². The van der Waals surface area contributed by atoms with E-state index in [4.69, 9.17) is 0 Å². The van der Waals surface area contributed by atoms with Gasteiger partial charge in [-0.2, -0.15) is 0 Å². The van der Waals surface area contributed by atoms with Crippen LogP contribution in [0.3, 0.4) is 0 Å². The van der Waals surface area contributed by atoms with Gasteiger partial charge in [0.2, 0.25) is 0 Å². The molecule has 0 aliphatic rings. The molecule has 1 aromatic carbocycles. The van der Waals surface area contributed by atoms with E-state index in [2.05, 4.69) is 9.97 Å². The molecule has 1 amide bonds. The summed E-state index contributed by atoms with van der Waals surface area (Å²) in [6.07, 6.45) is 4.35. The summed E-state index contributed by atoms with van der Waals surface area (Å²) >= 11 is 1.56. The minimum absolute atomic E-state index is 0.0278. The summed E-state index contributed by atoms with van der Waals surface area (Å²) in [6.45, 7) is 2.61. The smallest absolute Gasteiger partial charge is 0.273 e. The highest BCUT2D eigenvalue weighted by Crippen LogP contribution is 2.27. The summed E-state index contributed by atoms with van der Waals surface area (Å²) in [5.41, 5.74) is 2.77. The summed E-state index contributed by atoms with van der Waals surface area (Å²) in [6, 6.07) is 13.9. The maximum atomic E-state index is 12.7. The molecule has 0 bridgehead atoms.